The zero-order valence-electron chi connectivity index (χ0n) is 23.9. The minimum Gasteiger partial charge on any atom is -0.456 e. The van der Waals surface area contributed by atoms with E-state index in [0.29, 0.717) is 0 Å². The predicted octanol–water partition coefficient (Wildman–Crippen LogP) is 11.7. The topological polar surface area (TPSA) is 18.1 Å². The fraction of sp³-hybridized carbons (Fsp3) is 0. The van der Waals surface area contributed by atoms with Crippen molar-refractivity contribution in [2.75, 3.05) is 0 Å². The van der Waals surface area contributed by atoms with Crippen LogP contribution in [0.1, 0.15) is 0 Å². The molecule has 0 radical (unpaired) electrons. The number of benzene rings is 7. The Kier molecular flexibility index (Phi) is 5.54. The van der Waals surface area contributed by atoms with Gasteiger partial charge >= 0.3 is 0 Å². The highest BCUT2D eigenvalue weighted by molar-refractivity contribution is 6.09. The molecule has 0 aliphatic rings. The normalized spacial score (nSPS) is 11.6. The first-order chi connectivity index (χ1) is 21.8. The lowest BCUT2D eigenvalue weighted by atomic mass is 9.97. The van der Waals surface area contributed by atoms with Gasteiger partial charge < -0.3 is 8.98 Å². The third kappa shape index (κ3) is 3.96. The smallest absolute Gasteiger partial charge is 0.136 e. The minimum atomic E-state index is 0.923. The molecule has 2 aromatic heterocycles. The zero-order valence-corrected chi connectivity index (χ0v) is 23.9. The maximum absolute atomic E-state index is 6.11. The Bertz CT molecular complexity index is 2410. The molecular weight excluding hydrogens is 534 g/mol. The van der Waals surface area contributed by atoms with Crippen molar-refractivity contribution in [2.45, 2.75) is 0 Å². The summed E-state index contributed by atoms with van der Waals surface area (Å²) in [4.78, 5) is 0. The van der Waals surface area contributed by atoms with Crippen molar-refractivity contribution < 1.29 is 4.42 Å². The molecular formula is C42H27NO. The molecule has 44 heavy (non-hydrogen) atoms. The van der Waals surface area contributed by atoms with Crippen LogP contribution in [-0.2, 0) is 0 Å². The monoisotopic (exact) mass is 561 g/mol. The highest BCUT2D eigenvalue weighted by Gasteiger charge is 2.12. The number of nitrogens with zero attached hydrogens (tertiary/aromatic N) is 1. The van der Waals surface area contributed by atoms with Gasteiger partial charge in [-0.15, -0.1) is 0 Å². The summed E-state index contributed by atoms with van der Waals surface area (Å²) in [5.41, 5.74) is 12.6. The Morgan fingerprint density at radius 2 is 0.727 bits per heavy atom. The standard InChI is InChI=1S/C42H27NO/c1-4-10-39-35(7-1)36-8-2-5-11-40(36)43(39)34-24-21-31(22-25-34)30-15-13-28(14-16-30)29-17-19-32(20-18-29)33-23-26-38-37-9-3-6-12-41(37)44-42(38)27-33/h1-27H. The van der Waals surface area contributed by atoms with Crippen molar-refractivity contribution >= 4 is 43.7 Å². The van der Waals surface area contributed by atoms with E-state index in [9.17, 15) is 0 Å². The van der Waals surface area contributed by atoms with Crippen LogP contribution >= 0.6 is 0 Å². The maximum atomic E-state index is 6.11. The summed E-state index contributed by atoms with van der Waals surface area (Å²) >= 11 is 0. The number of hydrogen-bond donors (Lipinski definition) is 0. The fourth-order valence-electron chi connectivity index (χ4n) is 6.62. The van der Waals surface area contributed by atoms with E-state index in [1.807, 2.05) is 12.1 Å². The van der Waals surface area contributed by atoms with E-state index in [-0.39, 0.29) is 0 Å². The second-order valence-corrected chi connectivity index (χ2v) is 11.4. The largest absolute Gasteiger partial charge is 0.456 e. The van der Waals surface area contributed by atoms with Gasteiger partial charge in [-0.05, 0) is 75.8 Å². The Hall–Kier alpha value is -5.86. The lowest BCUT2D eigenvalue weighted by molar-refractivity contribution is 0.669. The van der Waals surface area contributed by atoms with Crippen LogP contribution in [0.2, 0.25) is 0 Å². The quantitative estimate of drug-likeness (QED) is 0.209. The molecule has 0 saturated heterocycles. The molecule has 0 atom stereocenters. The first kappa shape index (κ1) is 24.7. The molecule has 9 rings (SSSR count). The third-order valence-electron chi connectivity index (χ3n) is 8.85. The molecule has 0 amide bonds. The first-order valence-electron chi connectivity index (χ1n) is 15.0. The molecule has 0 aliphatic carbocycles. The van der Waals surface area contributed by atoms with Crippen molar-refractivity contribution in [3.63, 3.8) is 0 Å². The number of para-hydroxylation sites is 3. The Morgan fingerprint density at radius 1 is 0.318 bits per heavy atom. The molecule has 0 fully saturated rings. The predicted molar refractivity (Wildman–Crippen MR) is 184 cm³/mol. The number of furan rings is 1. The van der Waals surface area contributed by atoms with Gasteiger partial charge in [0, 0.05) is 27.2 Å². The Labute approximate surface area is 255 Å². The van der Waals surface area contributed by atoms with Crippen molar-refractivity contribution in [1.82, 2.24) is 4.57 Å². The van der Waals surface area contributed by atoms with E-state index in [0.717, 1.165) is 27.5 Å². The van der Waals surface area contributed by atoms with Crippen LogP contribution in [0.5, 0.6) is 0 Å². The summed E-state index contributed by atoms with van der Waals surface area (Å²) in [7, 11) is 0. The highest BCUT2D eigenvalue weighted by Crippen LogP contribution is 2.35. The summed E-state index contributed by atoms with van der Waals surface area (Å²) in [5.74, 6) is 0. The molecule has 0 unspecified atom stereocenters. The van der Waals surface area contributed by atoms with E-state index >= 15 is 0 Å². The summed E-state index contributed by atoms with van der Waals surface area (Å²) in [6.45, 7) is 0. The molecule has 2 heteroatoms. The molecule has 0 N–H and O–H groups in total. The van der Waals surface area contributed by atoms with Crippen molar-refractivity contribution in [3.8, 4) is 39.1 Å². The maximum Gasteiger partial charge on any atom is 0.136 e. The van der Waals surface area contributed by atoms with Crippen LogP contribution in [0, 0.1) is 0 Å². The average molecular weight is 562 g/mol. The molecule has 0 spiro atoms. The van der Waals surface area contributed by atoms with Crippen LogP contribution in [0.3, 0.4) is 0 Å². The molecule has 7 aromatic carbocycles. The van der Waals surface area contributed by atoms with Gasteiger partial charge in [0.05, 0.1) is 11.0 Å². The SMILES string of the molecule is c1ccc2c(c1)oc1cc(-c3ccc(-c4ccc(-c5ccc(-n6c7ccccc7c7ccccc76)cc5)cc4)cc3)ccc12. The van der Waals surface area contributed by atoms with Crippen molar-refractivity contribution in [1.29, 1.82) is 0 Å². The second-order valence-electron chi connectivity index (χ2n) is 11.4. The highest BCUT2D eigenvalue weighted by atomic mass is 16.3. The van der Waals surface area contributed by atoms with E-state index in [4.69, 9.17) is 4.42 Å². The lowest BCUT2D eigenvalue weighted by Gasteiger charge is -2.10. The van der Waals surface area contributed by atoms with Crippen molar-refractivity contribution in [2.24, 2.45) is 0 Å². The van der Waals surface area contributed by atoms with Crippen LogP contribution in [0.15, 0.2) is 168 Å². The Balaban J connectivity index is 0.980. The fourth-order valence-corrected chi connectivity index (χ4v) is 6.62. The Morgan fingerprint density at radius 3 is 1.30 bits per heavy atom. The molecule has 0 saturated carbocycles. The van der Waals surface area contributed by atoms with Crippen LogP contribution in [0.25, 0.3) is 82.8 Å². The third-order valence-corrected chi connectivity index (χ3v) is 8.85. The molecule has 2 heterocycles. The van der Waals surface area contributed by atoms with Gasteiger partial charge in [-0.2, -0.15) is 0 Å². The first-order valence-corrected chi connectivity index (χ1v) is 15.0. The minimum absolute atomic E-state index is 0.923. The number of hydrogen-bond acceptors (Lipinski definition) is 1. The van der Waals surface area contributed by atoms with Gasteiger partial charge in [0.15, 0.2) is 0 Å². The number of fused-ring (bicyclic) bond motifs is 6. The number of aromatic nitrogens is 1. The molecule has 9 aromatic rings. The summed E-state index contributed by atoms with van der Waals surface area (Å²) in [6, 6.07) is 58.5. The van der Waals surface area contributed by atoms with Crippen LogP contribution < -0.4 is 0 Å². The summed E-state index contributed by atoms with van der Waals surface area (Å²) in [6.07, 6.45) is 0. The van der Waals surface area contributed by atoms with Gasteiger partial charge in [-0.3, -0.25) is 0 Å². The van der Waals surface area contributed by atoms with Gasteiger partial charge in [0.1, 0.15) is 11.2 Å². The van der Waals surface area contributed by atoms with Crippen LogP contribution in [0.4, 0.5) is 0 Å². The van der Waals surface area contributed by atoms with Crippen LogP contribution in [-0.4, -0.2) is 4.57 Å². The van der Waals surface area contributed by atoms with E-state index in [2.05, 4.69) is 156 Å². The van der Waals surface area contributed by atoms with Crippen molar-refractivity contribution in [3.05, 3.63) is 164 Å². The van der Waals surface area contributed by atoms with Gasteiger partial charge in [-0.25, -0.2) is 0 Å². The molecule has 2 nitrogen and oxygen atoms in total. The molecule has 0 bridgehead atoms. The second kappa shape index (κ2) is 9.86. The average Bonchev–Trinajstić information content (AvgIpc) is 3.64. The van der Waals surface area contributed by atoms with Gasteiger partial charge in [0.25, 0.3) is 0 Å². The lowest BCUT2D eigenvalue weighted by Crippen LogP contribution is -1.93. The number of rotatable bonds is 4. The van der Waals surface area contributed by atoms with E-state index in [1.165, 1.54) is 55.3 Å². The zero-order chi connectivity index (χ0) is 29.0. The molecule has 0 aliphatic heterocycles. The van der Waals surface area contributed by atoms with E-state index in [1.54, 1.807) is 0 Å². The van der Waals surface area contributed by atoms with Gasteiger partial charge in [-0.1, -0.05) is 121 Å². The summed E-state index contributed by atoms with van der Waals surface area (Å²) in [5, 5.41) is 4.88. The van der Waals surface area contributed by atoms with E-state index < -0.39 is 0 Å². The van der Waals surface area contributed by atoms with Gasteiger partial charge in [0.2, 0.25) is 0 Å². The summed E-state index contributed by atoms with van der Waals surface area (Å²) < 4.78 is 8.47. The molecule has 206 valence electrons.